The second kappa shape index (κ2) is 6.64. The van der Waals surface area contributed by atoms with Gasteiger partial charge in [-0.15, -0.1) is 0 Å². The van der Waals surface area contributed by atoms with Gasteiger partial charge in [0, 0.05) is 24.4 Å². The zero-order valence-corrected chi connectivity index (χ0v) is 10.0. The summed E-state index contributed by atoms with van der Waals surface area (Å²) in [6.45, 7) is 1.58. The number of nitrogens with zero attached hydrogens (tertiary/aromatic N) is 1. The van der Waals surface area contributed by atoms with Crippen LogP contribution in [0.4, 0.5) is 0 Å². The quantitative estimate of drug-likeness (QED) is 0.598. The second-order valence-corrected chi connectivity index (χ2v) is 4.54. The lowest BCUT2D eigenvalue weighted by atomic mass is 10.2. The molecular weight excluding hydrogens is 230 g/mol. The number of carbonyl (C=O) groups is 1. The fraction of sp³-hybridized carbons (Fsp3) is 0.273. The van der Waals surface area contributed by atoms with Gasteiger partial charge in [0.25, 0.3) is 0 Å². The molecule has 80 valence electrons. The van der Waals surface area contributed by atoms with Crippen LogP contribution in [0.2, 0.25) is 5.15 Å². The van der Waals surface area contributed by atoms with E-state index < -0.39 is 0 Å². The Kier molecular flexibility index (Phi) is 5.43. The third-order valence-corrected chi connectivity index (χ3v) is 2.84. The summed E-state index contributed by atoms with van der Waals surface area (Å²) in [6.07, 6.45) is 6.44. The normalized spacial score (nSPS) is 10.8. The highest BCUT2D eigenvalue weighted by molar-refractivity contribution is 8.13. The van der Waals surface area contributed by atoms with Gasteiger partial charge in [-0.3, -0.25) is 4.79 Å². The number of hydrogen-bond donors (Lipinski definition) is 0. The van der Waals surface area contributed by atoms with Crippen LogP contribution in [-0.4, -0.2) is 15.9 Å². The standard InChI is InChI=1S/C11H12ClNOS/c1-9(14)15-8-3-2-5-10-6-4-7-13-11(10)12/h2,4-7H,3,8H2,1H3. The van der Waals surface area contributed by atoms with Crippen molar-refractivity contribution in [2.45, 2.75) is 13.3 Å². The monoisotopic (exact) mass is 241 g/mol. The Bertz CT molecular complexity index is 365. The van der Waals surface area contributed by atoms with Crippen molar-refractivity contribution < 1.29 is 4.79 Å². The van der Waals surface area contributed by atoms with E-state index in [0.717, 1.165) is 17.7 Å². The number of allylic oxidation sites excluding steroid dienone is 1. The van der Waals surface area contributed by atoms with E-state index in [1.54, 1.807) is 13.1 Å². The van der Waals surface area contributed by atoms with Crippen molar-refractivity contribution in [2.24, 2.45) is 0 Å². The lowest BCUT2D eigenvalue weighted by Crippen LogP contribution is -1.84. The molecule has 0 saturated carbocycles. The van der Waals surface area contributed by atoms with Crippen molar-refractivity contribution in [3.63, 3.8) is 0 Å². The highest BCUT2D eigenvalue weighted by atomic mass is 35.5. The molecule has 1 rings (SSSR count). The van der Waals surface area contributed by atoms with Gasteiger partial charge < -0.3 is 0 Å². The number of hydrogen-bond acceptors (Lipinski definition) is 3. The molecule has 0 amide bonds. The average Bonchev–Trinajstić information content (AvgIpc) is 2.20. The van der Waals surface area contributed by atoms with E-state index in [1.807, 2.05) is 24.3 Å². The molecule has 0 aliphatic rings. The topological polar surface area (TPSA) is 30.0 Å². The summed E-state index contributed by atoms with van der Waals surface area (Å²) in [5.74, 6) is 0.809. The molecule has 1 aromatic heterocycles. The molecule has 2 nitrogen and oxygen atoms in total. The SMILES string of the molecule is CC(=O)SCCC=Cc1cccnc1Cl. The zero-order chi connectivity index (χ0) is 11.1. The highest BCUT2D eigenvalue weighted by Crippen LogP contribution is 2.13. The average molecular weight is 242 g/mol. The molecule has 1 heterocycles. The Balaban J connectivity index is 2.38. The van der Waals surface area contributed by atoms with Crippen LogP contribution < -0.4 is 0 Å². The summed E-state index contributed by atoms with van der Waals surface area (Å²) >= 11 is 7.20. The lowest BCUT2D eigenvalue weighted by Gasteiger charge is -1.95. The molecule has 0 N–H and O–H groups in total. The van der Waals surface area contributed by atoms with Gasteiger partial charge in [-0.1, -0.05) is 41.6 Å². The predicted octanol–water partition coefficient (Wildman–Crippen LogP) is 3.42. The van der Waals surface area contributed by atoms with Gasteiger partial charge in [0.1, 0.15) is 5.15 Å². The zero-order valence-electron chi connectivity index (χ0n) is 8.44. The first-order valence-electron chi connectivity index (χ1n) is 4.60. The van der Waals surface area contributed by atoms with E-state index in [4.69, 9.17) is 11.6 Å². The number of aromatic nitrogens is 1. The van der Waals surface area contributed by atoms with E-state index in [9.17, 15) is 4.79 Å². The number of thioether (sulfide) groups is 1. The van der Waals surface area contributed by atoms with Crippen molar-refractivity contribution in [3.8, 4) is 0 Å². The van der Waals surface area contributed by atoms with Crippen LogP contribution in [0.1, 0.15) is 18.9 Å². The molecule has 0 bridgehead atoms. The van der Waals surface area contributed by atoms with Gasteiger partial charge in [-0.05, 0) is 12.5 Å². The number of carbonyl (C=O) groups excluding carboxylic acids is 1. The molecule has 0 saturated heterocycles. The summed E-state index contributed by atoms with van der Waals surface area (Å²) in [7, 11) is 0. The smallest absolute Gasteiger partial charge is 0.185 e. The van der Waals surface area contributed by atoms with Gasteiger partial charge in [0.05, 0.1) is 0 Å². The van der Waals surface area contributed by atoms with Gasteiger partial charge in [-0.25, -0.2) is 4.98 Å². The van der Waals surface area contributed by atoms with Crippen LogP contribution in [0.15, 0.2) is 24.4 Å². The molecular formula is C11H12ClNOS. The van der Waals surface area contributed by atoms with Crippen molar-refractivity contribution in [1.29, 1.82) is 0 Å². The molecule has 0 aliphatic heterocycles. The number of pyridine rings is 1. The molecule has 0 spiro atoms. The van der Waals surface area contributed by atoms with Crippen molar-refractivity contribution in [3.05, 3.63) is 35.1 Å². The first kappa shape index (κ1) is 12.3. The maximum atomic E-state index is 10.6. The molecule has 0 aromatic carbocycles. The minimum atomic E-state index is 0.155. The van der Waals surface area contributed by atoms with Crippen LogP contribution >= 0.6 is 23.4 Å². The maximum Gasteiger partial charge on any atom is 0.185 e. The fourth-order valence-electron chi connectivity index (χ4n) is 1.00. The summed E-state index contributed by atoms with van der Waals surface area (Å²) in [5.41, 5.74) is 0.909. The van der Waals surface area contributed by atoms with Gasteiger partial charge >= 0.3 is 0 Å². The molecule has 0 radical (unpaired) electrons. The number of rotatable bonds is 4. The summed E-state index contributed by atoms with van der Waals surface area (Å²) in [6, 6.07) is 3.75. The molecule has 1 aromatic rings. The Morgan fingerprint density at radius 3 is 3.13 bits per heavy atom. The van der Waals surface area contributed by atoms with Crippen LogP contribution in [0, 0.1) is 0 Å². The van der Waals surface area contributed by atoms with E-state index >= 15 is 0 Å². The van der Waals surface area contributed by atoms with Crippen LogP contribution in [-0.2, 0) is 4.79 Å². The van der Waals surface area contributed by atoms with Crippen molar-refractivity contribution in [1.82, 2.24) is 4.98 Å². The summed E-state index contributed by atoms with van der Waals surface area (Å²) in [4.78, 5) is 14.6. The molecule has 0 aliphatic carbocycles. The first-order chi connectivity index (χ1) is 7.20. The Hall–Kier alpha value is -0.800. The van der Waals surface area contributed by atoms with Gasteiger partial charge in [0.15, 0.2) is 5.12 Å². The molecule has 0 unspecified atom stereocenters. The predicted molar refractivity (Wildman–Crippen MR) is 66.0 cm³/mol. The van der Waals surface area contributed by atoms with Crippen molar-refractivity contribution in [2.75, 3.05) is 5.75 Å². The van der Waals surface area contributed by atoms with E-state index in [1.165, 1.54) is 11.8 Å². The van der Waals surface area contributed by atoms with Gasteiger partial charge in [-0.2, -0.15) is 0 Å². The second-order valence-electron chi connectivity index (χ2n) is 2.91. The fourth-order valence-corrected chi connectivity index (χ4v) is 1.73. The molecule has 0 atom stereocenters. The van der Waals surface area contributed by atoms with Gasteiger partial charge in [0.2, 0.25) is 0 Å². The van der Waals surface area contributed by atoms with Crippen LogP contribution in [0.3, 0.4) is 0 Å². The van der Waals surface area contributed by atoms with E-state index in [0.29, 0.717) is 5.15 Å². The van der Waals surface area contributed by atoms with Crippen LogP contribution in [0.25, 0.3) is 6.08 Å². The lowest BCUT2D eigenvalue weighted by molar-refractivity contribution is -0.109. The van der Waals surface area contributed by atoms with Crippen molar-refractivity contribution >= 4 is 34.6 Å². The first-order valence-corrected chi connectivity index (χ1v) is 5.97. The van der Waals surface area contributed by atoms with E-state index in [2.05, 4.69) is 4.98 Å². The molecule has 15 heavy (non-hydrogen) atoms. The largest absolute Gasteiger partial charge is 0.288 e. The Morgan fingerprint density at radius 2 is 2.47 bits per heavy atom. The maximum absolute atomic E-state index is 10.6. The molecule has 0 fully saturated rings. The minimum absolute atomic E-state index is 0.155. The third-order valence-electron chi connectivity index (χ3n) is 1.68. The molecule has 4 heteroatoms. The van der Waals surface area contributed by atoms with Crippen LogP contribution in [0.5, 0.6) is 0 Å². The summed E-state index contributed by atoms with van der Waals surface area (Å²) < 4.78 is 0. The highest BCUT2D eigenvalue weighted by Gasteiger charge is 1.95. The summed E-state index contributed by atoms with van der Waals surface area (Å²) in [5, 5.41) is 0.663. The van der Waals surface area contributed by atoms with E-state index in [-0.39, 0.29) is 5.12 Å². The third kappa shape index (κ3) is 5.00. The number of halogens is 1. The Labute approximate surface area is 98.7 Å². The minimum Gasteiger partial charge on any atom is -0.288 e. The Morgan fingerprint density at radius 1 is 1.67 bits per heavy atom.